The molecule has 4 rings (SSSR count). The van der Waals surface area contributed by atoms with Crippen LogP contribution in [-0.2, 0) is 6.54 Å². The molecule has 0 N–H and O–H groups in total. The summed E-state index contributed by atoms with van der Waals surface area (Å²) in [6.45, 7) is 0.728. The van der Waals surface area contributed by atoms with Gasteiger partial charge < -0.3 is 8.98 Å². The van der Waals surface area contributed by atoms with Crippen molar-refractivity contribution in [2.24, 2.45) is 0 Å². The zero-order valence-electron chi connectivity index (χ0n) is 13.0. The predicted octanol–water partition coefficient (Wildman–Crippen LogP) is 5.23. The monoisotopic (exact) mass is 324 g/mol. The van der Waals surface area contributed by atoms with E-state index in [9.17, 15) is 0 Å². The fourth-order valence-electron chi connectivity index (χ4n) is 3.16. The van der Waals surface area contributed by atoms with E-state index >= 15 is 0 Å². The average Bonchev–Trinajstić information content (AvgIpc) is 3.33. The number of aromatic nitrogens is 2. The molecule has 3 aromatic rings. The molecule has 0 amide bonds. The molecule has 2 heterocycles. The molecule has 0 spiro atoms. The second kappa shape index (κ2) is 6.67. The highest BCUT2D eigenvalue weighted by Gasteiger charge is 2.21. The number of thioether (sulfide) groups is 1. The molecule has 1 aliphatic rings. The van der Waals surface area contributed by atoms with Gasteiger partial charge in [0.25, 0.3) is 0 Å². The van der Waals surface area contributed by atoms with Gasteiger partial charge in [0.1, 0.15) is 5.76 Å². The van der Waals surface area contributed by atoms with E-state index in [1.165, 1.54) is 31.2 Å². The van der Waals surface area contributed by atoms with E-state index in [2.05, 4.69) is 28.8 Å². The molecule has 0 aliphatic heterocycles. The number of rotatable bonds is 5. The van der Waals surface area contributed by atoms with Crippen LogP contribution < -0.4 is 0 Å². The molecule has 1 aromatic carbocycles. The van der Waals surface area contributed by atoms with Crippen molar-refractivity contribution in [2.45, 2.75) is 42.6 Å². The number of nitrogens with zero attached hydrogens (tertiary/aromatic N) is 2. The van der Waals surface area contributed by atoms with E-state index in [0.29, 0.717) is 5.25 Å². The van der Waals surface area contributed by atoms with E-state index in [1.807, 2.05) is 36.2 Å². The highest BCUT2D eigenvalue weighted by Crippen LogP contribution is 2.36. The van der Waals surface area contributed by atoms with Crippen molar-refractivity contribution in [2.75, 3.05) is 0 Å². The summed E-state index contributed by atoms with van der Waals surface area (Å²) in [6, 6.07) is 14.4. The molecule has 4 heteroatoms. The molecule has 1 aliphatic carbocycles. The smallest absolute Gasteiger partial charge is 0.169 e. The summed E-state index contributed by atoms with van der Waals surface area (Å²) >= 11 is 1.93. The topological polar surface area (TPSA) is 31.0 Å². The average molecular weight is 324 g/mol. The van der Waals surface area contributed by atoms with Crippen LogP contribution in [0.25, 0.3) is 11.3 Å². The highest BCUT2D eigenvalue weighted by molar-refractivity contribution is 7.99. The van der Waals surface area contributed by atoms with Crippen LogP contribution in [0.4, 0.5) is 0 Å². The van der Waals surface area contributed by atoms with Crippen LogP contribution in [0.1, 0.15) is 31.4 Å². The number of furan rings is 1. The summed E-state index contributed by atoms with van der Waals surface area (Å²) in [7, 11) is 0. The fourth-order valence-corrected chi connectivity index (χ4v) is 4.43. The first-order chi connectivity index (χ1) is 11.4. The third-order valence-electron chi connectivity index (χ3n) is 4.36. The largest absolute Gasteiger partial charge is 0.467 e. The number of hydrogen-bond acceptors (Lipinski definition) is 3. The number of imidazole rings is 1. The lowest BCUT2D eigenvalue weighted by molar-refractivity contribution is 0.485. The van der Waals surface area contributed by atoms with Crippen molar-refractivity contribution in [3.63, 3.8) is 0 Å². The van der Waals surface area contributed by atoms with Gasteiger partial charge in [-0.25, -0.2) is 4.98 Å². The van der Waals surface area contributed by atoms with Gasteiger partial charge >= 0.3 is 0 Å². The second-order valence-electron chi connectivity index (χ2n) is 5.98. The standard InChI is InChI=1S/C19H20N2OS/c1-2-7-15(8-3-1)18-13-20-19(23-17-10-4-5-11-17)21(18)14-16-9-6-12-22-16/h1-3,6-9,12-13,17H,4-5,10-11,14H2. The minimum atomic E-state index is 0.705. The summed E-state index contributed by atoms with van der Waals surface area (Å²) in [5.41, 5.74) is 2.35. The van der Waals surface area contributed by atoms with Crippen molar-refractivity contribution < 1.29 is 4.42 Å². The Morgan fingerprint density at radius 2 is 1.91 bits per heavy atom. The fraction of sp³-hybridized carbons (Fsp3) is 0.316. The maximum atomic E-state index is 5.56. The molecule has 0 saturated heterocycles. The third-order valence-corrected chi connectivity index (χ3v) is 5.70. The quantitative estimate of drug-likeness (QED) is 0.644. The van der Waals surface area contributed by atoms with E-state index in [0.717, 1.165) is 23.2 Å². The summed E-state index contributed by atoms with van der Waals surface area (Å²) in [5, 5.41) is 1.81. The first-order valence-corrected chi connectivity index (χ1v) is 9.08. The molecular weight excluding hydrogens is 304 g/mol. The van der Waals surface area contributed by atoms with Crippen molar-refractivity contribution >= 4 is 11.8 Å². The van der Waals surface area contributed by atoms with Gasteiger partial charge in [-0.15, -0.1) is 0 Å². The Bertz CT molecular complexity index is 743. The van der Waals surface area contributed by atoms with Crippen LogP contribution in [0.2, 0.25) is 0 Å². The van der Waals surface area contributed by atoms with Gasteiger partial charge in [0.15, 0.2) is 5.16 Å². The van der Waals surface area contributed by atoms with Crippen LogP contribution >= 0.6 is 11.8 Å². The molecule has 2 aromatic heterocycles. The van der Waals surface area contributed by atoms with Gasteiger partial charge in [0.2, 0.25) is 0 Å². The van der Waals surface area contributed by atoms with Crippen molar-refractivity contribution in [3.05, 3.63) is 60.7 Å². The van der Waals surface area contributed by atoms with Gasteiger partial charge in [-0.1, -0.05) is 54.9 Å². The Morgan fingerprint density at radius 3 is 2.65 bits per heavy atom. The van der Waals surface area contributed by atoms with Crippen molar-refractivity contribution in [3.8, 4) is 11.3 Å². The SMILES string of the molecule is c1ccc(-c2cnc(SC3CCCC3)n2Cc2ccco2)cc1. The van der Waals surface area contributed by atoms with Crippen molar-refractivity contribution in [1.29, 1.82) is 0 Å². The Balaban J connectivity index is 1.69. The molecule has 118 valence electrons. The third kappa shape index (κ3) is 3.22. The van der Waals surface area contributed by atoms with Gasteiger partial charge in [-0.3, -0.25) is 0 Å². The minimum Gasteiger partial charge on any atom is -0.467 e. The maximum absolute atomic E-state index is 5.56. The predicted molar refractivity (Wildman–Crippen MR) is 93.6 cm³/mol. The molecule has 1 saturated carbocycles. The highest BCUT2D eigenvalue weighted by atomic mass is 32.2. The Morgan fingerprint density at radius 1 is 1.09 bits per heavy atom. The van der Waals surface area contributed by atoms with Gasteiger partial charge in [0, 0.05) is 5.25 Å². The Kier molecular flexibility index (Phi) is 4.24. The zero-order chi connectivity index (χ0) is 15.5. The molecular formula is C19H20N2OS. The van der Waals surface area contributed by atoms with Gasteiger partial charge in [-0.2, -0.15) is 0 Å². The number of benzene rings is 1. The normalized spacial score (nSPS) is 15.3. The molecule has 3 nitrogen and oxygen atoms in total. The van der Waals surface area contributed by atoms with E-state index in [-0.39, 0.29) is 0 Å². The Labute approximate surface area is 140 Å². The summed E-state index contributed by atoms with van der Waals surface area (Å²) in [6.07, 6.45) is 9.04. The molecule has 1 fully saturated rings. The van der Waals surface area contributed by atoms with Crippen LogP contribution in [0.3, 0.4) is 0 Å². The van der Waals surface area contributed by atoms with Crippen molar-refractivity contribution in [1.82, 2.24) is 9.55 Å². The summed E-state index contributed by atoms with van der Waals surface area (Å²) < 4.78 is 7.85. The van der Waals surface area contributed by atoms with Crippen LogP contribution in [0.5, 0.6) is 0 Å². The van der Waals surface area contributed by atoms with E-state index < -0.39 is 0 Å². The Hall–Kier alpha value is -1.94. The molecule has 0 radical (unpaired) electrons. The number of hydrogen-bond donors (Lipinski definition) is 0. The molecule has 0 atom stereocenters. The van der Waals surface area contributed by atoms with E-state index in [1.54, 1.807) is 6.26 Å². The minimum absolute atomic E-state index is 0.705. The lowest BCUT2D eigenvalue weighted by Gasteiger charge is -2.13. The molecule has 0 unspecified atom stereocenters. The molecule has 0 bridgehead atoms. The summed E-state index contributed by atoms with van der Waals surface area (Å²) in [5.74, 6) is 0.966. The van der Waals surface area contributed by atoms with E-state index in [4.69, 9.17) is 9.40 Å². The lowest BCUT2D eigenvalue weighted by Crippen LogP contribution is -2.05. The molecule has 23 heavy (non-hydrogen) atoms. The first kappa shape index (κ1) is 14.6. The van der Waals surface area contributed by atoms with Gasteiger partial charge in [-0.05, 0) is 30.5 Å². The second-order valence-corrected chi connectivity index (χ2v) is 7.25. The lowest BCUT2D eigenvalue weighted by atomic mass is 10.2. The first-order valence-electron chi connectivity index (χ1n) is 8.20. The zero-order valence-corrected chi connectivity index (χ0v) is 13.8. The van der Waals surface area contributed by atoms with Crippen LogP contribution in [0.15, 0.2) is 64.5 Å². The van der Waals surface area contributed by atoms with Crippen LogP contribution in [0, 0.1) is 0 Å². The van der Waals surface area contributed by atoms with Gasteiger partial charge in [0.05, 0.1) is 24.7 Å². The van der Waals surface area contributed by atoms with Crippen LogP contribution in [-0.4, -0.2) is 14.8 Å². The summed E-state index contributed by atoms with van der Waals surface area (Å²) in [4.78, 5) is 4.72. The maximum Gasteiger partial charge on any atom is 0.169 e.